The van der Waals surface area contributed by atoms with Crippen molar-refractivity contribution < 1.29 is 4.79 Å². The molecule has 0 aliphatic carbocycles. The summed E-state index contributed by atoms with van der Waals surface area (Å²) in [5.41, 5.74) is 0.964. The van der Waals surface area contributed by atoms with Crippen LogP contribution in [0.4, 0.5) is 0 Å². The van der Waals surface area contributed by atoms with Gasteiger partial charge in [0.2, 0.25) is 5.91 Å². The number of fused-ring (bicyclic) bond motifs is 1. The van der Waals surface area contributed by atoms with Gasteiger partial charge >= 0.3 is 0 Å². The minimum atomic E-state index is -0.391. The van der Waals surface area contributed by atoms with Crippen molar-refractivity contribution in [2.24, 2.45) is 0 Å². The summed E-state index contributed by atoms with van der Waals surface area (Å²) in [6.07, 6.45) is 2.26. The first kappa shape index (κ1) is 20.1. The van der Waals surface area contributed by atoms with Gasteiger partial charge in [-0.3, -0.25) is 14.2 Å². The molecule has 0 aliphatic rings. The summed E-state index contributed by atoms with van der Waals surface area (Å²) in [5, 5.41) is 0.966. The van der Waals surface area contributed by atoms with Crippen LogP contribution in [-0.4, -0.2) is 27.4 Å². The van der Waals surface area contributed by atoms with Crippen molar-refractivity contribution in [2.75, 3.05) is 7.05 Å². The Bertz CT molecular complexity index is 1060. The fourth-order valence-electron chi connectivity index (χ4n) is 3.19. The molecular formula is C22H24ClN3O2. The van der Waals surface area contributed by atoms with Gasteiger partial charge in [0.25, 0.3) is 5.56 Å². The van der Waals surface area contributed by atoms with Crippen LogP contribution in [0.5, 0.6) is 0 Å². The lowest BCUT2D eigenvalue weighted by Crippen LogP contribution is -2.34. The van der Waals surface area contributed by atoms with E-state index in [-0.39, 0.29) is 11.5 Å². The van der Waals surface area contributed by atoms with Crippen molar-refractivity contribution in [1.29, 1.82) is 0 Å². The molecule has 1 atom stereocenters. The van der Waals surface area contributed by atoms with E-state index in [2.05, 4.69) is 6.92 Å². The van der Waals surface area contributed by atoms with Gasteiger partial charge in [0.1, 0.15) is 5.82 Å². The highest BCUT2D eigenvalue weighted by atomic mass is 35.5. The Hall–Kier alpha value is -2.66. The van der Waals surface area contributed by atoms with Gasteiger partial charge in [-0.1, -0.05) is 49.2 Å². The molecule has 146 valence electrons. The third-order valence-corrected chi connectivity index (χ3v) is 5.31. The topological polar surface area (TPSA) is 55.2 Å². The molecule has 0 fully saturated rings. The minimum absolute atomic E-state index is 0.0301. The minimum Gasteiger partial charge on any atom is -0.336 e. The van der Waals surface area contributed by atoms with E-state index >= 15 is 0 Å². The van der Waals surface area contributed by atoms with Crippen LogP contribution in [0.25, 0.3) is 16.6 Å². The number of halogens is 1. The largest absolute Gasteiger partial charge is 0.336 e. The molecule has 6 heteroatoms. The van der Waals surface area contributed by atoms with Crippen LogP contribution in [0.2, 0.25) is 5.02 Å². The summed E-state index contributed by atoms with van der Waals surface area (Å²) in [4.78, 5) is 32.3. The Labute approximate surface area is 169 Å². The first-order valence-electron chi connectivity index (χ1n) is 9.48. The van der Waals surface area contributed by atoms with Crippen molar-refractivity contribution in [1.82, 2.24) is 14.5 Å². The number of nitrogens with zero attached hydrogens (tertiary/aromatic N) is 3. The highest BCUT2D eigenvalue weighted by Gasteiger charge is 2.24. The third-order valence-electron chi connectivity index (χ3n) is 4.99. The molecule has 2 aromatic carbocycles. The summed E-state index contributed by atoms with van der Waals surface area (Å²) in [7, 11) is 1.75. The van der Waals surface area contributed by atoms with Crippen molar-refractivity contribution in [3.05, 3.63) is 69.7 Å². The van der Waals surface area contributed by atoms with E-state index in [1.807, 2.05) is 37.3 Å². The molecule has 0 spiro atoms. The van der Waals surface area contributed by atoms with E-state index in [4.69, 9.17) is 16.6 Å². The maximum absolute atomic E-state index is 13.3. The highest BCUT2D eigenvalue weighted by Crippen LogP contribution is 2.26. The van der Waals surface area contributed by atoms with Gasteiger partial charge in [0.15, 0.2) is 0 Å². The second-order valence-corrected chi connectivity index (χ2v) is 7.27. The number of carbonyl (C=O) groups is 1. The van der Waals surface area contributed by atoms with E-state index < -0.39 is 6.04 Å². The van der Waals surface area contributed by atoms with Crippen LogP contribution in [-0.2, 0) is 4.79 Å². The zero-order valence-corrected chi connectivity index (χ0v) is 17.1. The van der Waals surface area contributed by atoms with Crippen LogP contribution >= 0.6 is 11.6 Å². The highest BCUT2D eigenvalue weighted by molar-refractivity contribution is 6.32. The summed E-state index contributed by atoms with van der Waals surface area (Å²) >= 11 is 6.40. The SMILES string of the molecule is CCCCC(=O)N(C)C(C)c1nc2ccccc2c(=O)n1-c1ccccc1Cl. The van der Waals surface area contributed by atoms with E-state index in [1.165, 1.54) is 4.57 Å². The average molecular weight is 398 g/mol. The molecule has 0 saturated carbocycles. The lowest BCUT2D eigenvalue weighted by molar-refractivity contribution is -0.132. The number of aromatic nitrogens is 2. The van der Waals surface area contributed by atoms with E-state index in [0.29, 0.717) is 33.9 Å². The second-order valence-electron chi connectivity index (χ2n) is 6.86. The summed E-state index contributed by atoms with van der Waals surface area (Å²) in [6, 6.07) is 14.0. The second kappa shape index (κ2) is 8.57. The maximum Gasteiger partial charge on any atom is 0.266 e. The molecule has 1 amide bonds. The number of rotatable bonds is 6. The zero-order chi connectivity index (χ0) is 20.3. The molecule has 28 heavy (non-hydrogen) atoms. The Morgan fingerprint density at radius 2 is 1.86 bits per heavy atom. The summed E-state index contributed by atoms with van der Waals surface area (Å²) in [5.74, 6) is 0.520. The van der Waals surface area contributed by atoms with Gasteiger partial charge in [0, 0.05) is 13.5 Å². The molecule has 0 aliphatic heterocycles. The molecule has 0 N–H and O–H groups in total. The summed E-state index contributed by atoms with van der Waals surface area (Å²) < 4.78 is 1.53. The Morgan fingerprint density at radius 3 is 2.57 bits per heavy atom. The Balaban J connectivity index is 2.21. The number of amides is 1. The van der Waals surface area contributed by atoms with Crippen LogP contribution in [0.15, 0.2) is 53.3 Å². The van der Waals surface area contributed by atoms with Crippen molar-refractivity contribution in [3.8, 4) is 5.69 Å². The lowest BCUT2D eigenvalue weighted by atomic mass is 10.1. The monoisotopic (exact) mass is 397 g/mol. The number of para-hydroxylation sites is 2. The molecule has 0 saturated heterocycles. The van der Waals surface area contributed by atoms with Crippen LogP contribution < -0.4 is 5.56 Å². The van der Waals surface area contributed by atoms with Crippen molar-refractivity contribution in [3.63, 3.8) is 0 Å². The van der Waals surface area contributed by atoms with Gasteiger partial charge in [-0.15, -0.1) is 0 Å². The number of hydrogen-bond acceptors (Lipinski definition) is 3. The lowest BCUT2D eigenvalue weighted by Gasteiger charge is -2.27. The number of benzene rings is 2. The van der Waals surface area contributed by atoms with Gasteiger partial charge in [-0.05, 0) is 37.6 Å². The molecule has 1 aromatic heterocycles. The molecular weight excluding hydrogens is 374 g/mol. The number of hydrogen-bond donors (Lipinski definition) is 0. The normalized spacial score (nSPS) is 12.1. The third kappa shape index (κ3) is 3.80. The van der Waals surface area contributed by atoms with E-state index in [0.717, 1.165) is 12.8 Å². The van der Waals surface area contributed by atoms with E-state index in [9.17, 15) is 9.59 Å². The Kier molecular flexibility index (Phi) is 6.15. The molecule has 3 aromatic rings. The molecule has 0 radical (unpaired) electrons. The molecule has 0 bridgehead atoms. The first-order chi connectivity index (χ1) is 13.5. The van der Waals surface area contributed by atoms with Crippen molar-refractivity contribution >= 4 is 28.4 Å². The van der Waals surface area contributed by atoms with Gasteiger partial charge in [-0.2, -0.15) is 0 Å². The van der Waals surface area contributed by atoms with Crippen LogP contribution in [0.3, 0.4) is 0 Å². The molecule has 5 nitrogen and oxygen atoms in total. The van der Waals surface area contributed by atoms with E-state index in [1.54, 1.807) is 30.1 Å². The van der Waals surface area contributed by atoms with Crippen LogP contribution in [0, 0.1) is 0 Å². The van der Waals surface area contributed by atoms with Crippen molar-refractivity contribution in [2.45, 2.75) is 39.2 Å². The fraction of sp³-hybridized carbons (Fsp3) is 0.318. The van der Waals surface area contributed by atoms with Gasteiger partial charge < -0.3 is 4.90 Å². The van der Waals surface area contributed by atoms with Gasteiger partial charge in [0.05, 0.1) is 27.7 Å². The standard InChI is InChI=1S/C22H24ClN3O2/c1-4-5-14-20(27)25(3)15(2)21-24-18-12-8-6-10-16(18)22(28)26(21)19-13-9-7-11-17(19)23/h6-13,15H,4-5,14H2,1-3H3. The zero-order valence-electron chi connectivity index (χ0n) is 16.4. The molecule has 1 unspecified atom stereocenters. The number of unbranched alkanes of at least 4 members (excludes halogenated alkanes) is 1. The first-order valence-corrected chi connectivity index (χ1v) is 9.85. The average Bonchev–Trinajstić information content (AvgIpc) is 2.71. The van der Waals surface area contributed by atoms with Gasteiger partial charge in [-0.25, -0.2) is 4.98 Å². The van der Waals surface area contributed by atoms with Crippen LogP contribution in [0.1, 0.15) is 45.0 Å². The predicted molar refractivity (Wildman–Crippen MR) is 113 cm³/mol. The quantitative estimate of drug-likeness (QED) is 0.603. The maximum atomic E-state index is 13.3. The smallest absolute Gasteiger partial charge is 0.266 e. The molecule has 1 heterocycles. The summed E-state index contributed by atoms with van der Waals surface area (Å²) in [6.45, 7) is 3.93. The number of carbonyl (C=O) groups excluding carboxylic acids is 1. The predicted octanol–water partition coefficient (Wildman–Crippen LogP) is 4.75. The Morgan fingerprint density at radius 1 is 1.18 bits per heavy atom. The molecule has 3 rings (SSSR count). The fourth-order valence-corrected chi connectivity index (χ4v) is 3.41.